The van der Waals surface area contributed by atoms with Crippen molar-refractivity contribution in [2.45, 2.75) is 27.2 Å². The molecule has 22 heavy (non-hydrogen) atoms. The van der Waals surface area contributed by atoms with E-state index in [0.717, 1.165) is 17.7 Å². The molecule has 0 unspecified atom stereocenters. The molecule has 1 aromatic rings. The summed E-state index contributed by atoms with van der Waals surface area (Å²) >= 11 is 0. The van der Waals surface area contributed by atoms with Crippen molar-refractivity contribution in [2.75, 3.05) is 13.2 Å². The fourth-order valence-corrected chi connectivity index (χ4v) is 1.50. The Balaban J connectivity index is 2.47. The van der Waals surface area contributed by atoms with Crippen LogP contribution in [-0.2, 0) is 9.59 Å². The van der Waals surface area contributed by atoms with Gasteiger partial charge in [-0.2, -0.15) is 5.10 Å². The molecule has 2 amide bonds. The van der Waals surface area contributed by atoms with Crippen molar-refractivity contribution in [3.63, 3.8) is 0 Å². The maximum Gasteiger partial charge on any atom is 0.329 e. The summed E-state index contributed by atoms with van der Waals surface area (Å²) in [6.45, 7) is 7.03. The molecule has 120 valence electrons. The third kappa shape index (κ3) is 6.88. The normalized spacial score (nSPS) is 10.7. The van der Waals surface area contributed by atoms with E-state index >= 15 is 0 Å². The number of benzene rings is 1. The number of hydrogen-bond acceptors (Lipinski definition) is 4. The van der Waals surface area contributed by atoms with E-state index in [2.05, 4.69) is 15.8 Å². The van der Waals surface area contributed by atoms with Gasteiger partial charge in [0.25, 0.3) is 0 Å². The molecule has 0 bridgehead atoms. The quantitative estimate of drug-likeness (QED) is 0.457. The summed E-state index contributed by atoms with van der Waals surface area (Å²) in [5.74, 6) is -0.445. The lowest BCUT2D eigenvalue weighted by Gasteiger charge is -2.06. The Morgan fingerprint density at radius 1 is 1.32 bits per heavy atom. The molecular weight excluding hydrogens is 282 g/mol. The lowest BCUT2D eigenvalue weighted by atomic mass is 10.2. The summed E-state index contributed by atoms with van der Waals surface area (Å²) in [6, 6.07) is 7.33. The highest BCUT2D eigenvalue weighted by molar-refractivity contribution is 6.35. The van der Waals surface area contributed by atoms with Gasteiger partial charge in [-0.15, -0.1) is 0 Å². The lowest BCUT2D eigenvalue weighted by molar-refractivity contribution is -0.139. The number of carbonyl (C=O) groups is 2. The van der Waals surface area contributed by atoms with E-state index in [1.807, 2.05) is 45.0 Å². The predicted molar refractivity (Wildman–Crippen MR) is 85.8 cm³/mol. The second-order valence-corrected chi connectivity index (χ2v) is 5.22. The van der Waals surface area contributed by atoms with Gasteiger partial charge in [0.15, 0.2) is 0 Å². The van der Waals surface area contributed by atoms with Crippen LogP contribution >= 0.6 is 0 Å². The second kappa shape index (κ2) is 9.55. The maximum absolute atomic E-state index is 11.5. The third-order valence-corrected chi connectivity index (χ3v) is 2.59. The van der Waals surface area contributed by atoms with Crippen molar-refractivity contribution in [2.24, 2.45) is 11.0 Å². The van der Waals surface area contributed by atoms with Crippen molar-refractivity contribution < 1.29 is 14.3 Å². The molecule has 6 nitrogen and oxygen atoms in total. The molecule has 0 saturated heterocycles. The molecule has 0 heterocycles. The van der Waals surface area contributed by atoms with Crippen LogP contribution in [-0.4, -0.2) is 31.2 Å². The van der Waals surface area contributed by atoms with Gasteiger partial charge < -0.3 is 10.1 Å². The van der Waals surface area contributed by atoms with Crippen molar-refractivity contribution in [1.82, 2.24) is 10.7 Å². The summed E-state index contributed by atoms with van der Waals surface area (Å²) in [6.07, 6.45) is 2.40. The highest BCUT2D eigenvalue weighted by Gasteiger charge is 2.11. The summed E-state index contributed by atoms with van der Waals surface area (Å²) in [5, 5.41) is 6.29. The molecule has 0 atom stereocenters. The number of carbonyl (C=O) groups excluding carboxylic acids is 2. The summed E-state index contributed by atoms with van der Waals surface area (Å²) < 4.78 is 5.50. The number of hydrazone groups is 1. The Morgan fingerprint density at radius 3 is 2.77 bits per heavy atom. The number of nitrogens with zero attached hydrogens (tertiary/aromatic N) is 1. The van der Waals surface area contributed by atoms with Gasteiger partial charge in [0.05, 0.1) is 12.8 Å². The number of nitrogens with one attached hydrogen (secondary N) is 2. The molecule has 2 N–H and O–H groups in total. The fourth-order valence-electron chi connectivity index (χ4n) is 1.50. The van der Waals surface area contributed by atoms with E-state index < -0.39 is 11.8 Å². The van der Waals surface area contributed by atoms with Crippen LogP contribution in [0.4, 0.5) is 0 Å². The van der Waals surface area contributed by atoms with Crippen molar-refractivity contribution in [3.05, 3.63) is 29.8 Å². The molecule has 0 fully saturated rings. The minimum atomic E-state index is -0.782. The van der Waals surface area contributed by atoms with Crippen molar-refractivity contribution in [1.29, 1.82) is 0 Å². The van der Waals surface area contributed by atoms with Crippen LogP contribution in [0.15, 0.2) is 29.4 Å². The predicted octanol–water partition coefficient (Wildman–Crippen LogP) is 1.70. The van der Waals surface area contributed by atoms with Gasteiger partial charge in [0, 0.05) is 6.54 Å². The van der Waals surface area contributed by atoms with Gasteiger partial charge in [0.1, 0.15) is 5.75 Å². The van der Waals surface area contributed by atoms with Crippen LogP contribution < -0.4 is 15.5 Å². The zero-order valence-electron chi connectivity index (χ0n) is 13.3. The van der Waals surface area contributed by atoms with E-state index in [1.54, 1.807) is 0 Å². The Labute approximate surface area is 130 Å². The van der Waals surface area contributed by atoms with Gasteiger partial charge in [-0.05, 0) is 30.0 Å². The SMILES string of the molecule is CCCOc1cccc(/C=N\NC(=O)C(=O)NCC(C)C)c1. The van der Waals surface area contributed by atoms with Crippen LogP contribution in [0.1, 0.15) is 32.8 Å². The molecule has 0 radical (unpaired) electrons. The summed E-state index contributed by atoms with van der Waals surface area (Å²) in [7, 11) is 0. The van der Waals surface area contributed by atoms with Gasteiger partial charge in [0.2, 0.25) is 0 Å². The molecule has 0 aliphatic rings. The van der Waals surface area contributed by atoms with E-state index in [4.69, 9.17) is 4.74 Å². The van der Waals surface area contributed by atoms with Crippen LogP contribution in [0.2, 0.25) is 0 Å². The molecule has 0 spiro atoms. The molecule has 0 saturated carbocycles. The third-order valence-electron chi connectivity index (χ3n) is 2.59. The molecule has 0 aromatic heterocycles. The average molecular weight is 305 g/mol. The topological polar surface area (TPSA) is 79.8 Å². The van der Waals surface area contributed by atoms with Crippen LogP contribution in [0.5, 0.6) is 5.75 Å². The smallest absolute Gasteiger partial charge is 0.329 e. The van der Waals surface area contributed by atoms with Crippen LogP contribution in [0.25, 0.3) is 0 Å². The lowest BCUT2D eigenvalue weighted by Crippen LogP contribution is -2.39. The minimum absolute atomic E-state index is 0.283. The van der Waals surface area contributed by atoms with Crippen LogP contribution in [0, 0.1) is 5.92 Å². The van der Waals surface area contributed by atoms with Crippen molar-refractivity contribution in [3.8, 4) is 5.75 Å². The maximum atomic E-state index is 11.5. The number of amides is 2. The Hall–Kier alpha value is -2.37. The Morgan fingerprint density at radius 2 is 2.09 bits per heavy atom. The summed E-state index contributed by atoms with van der Waals surface area (Å²) in [4.78, 5) is 22.9. The van der Waals surface area contributed by atoms with Gasteiger partial charge in [-0.3, -0.25) is 9.59 Å². The van der Waals surface area contributed by atoms with Gasteiger partial charge >= 0.3 is 11.8 Å². The number of ether oxygens (including phenoxy) is 1. The highest BCUT2D eigenvalue weighted by Crippen LogP contribution is 2.12. The Bertz CT molecular complexity index is 527. The first-order valence-corrected chi connectivity index (χ1v) is 7.37. The zero-order valence-corrected chi connectivity index (χ0v) is 13.3. The van der Waals surface area contributed by atoms with E-state index in [-0.39, 0.29) is 5.92 Å². The second-order valence-electron chi connectivity index (χ2n) is 5.22. The fraction of sp³-hybridized carbons (Fsp3) is 0.438. The van der Waals surface area contributed by atoms with E-state index in [0.29, 0.717) is 13.2 Å². The molecule has 0 aliphatic carbocycles. The summed E-state index contributed by atoms with van der Waals surface area (Å²) in [5.41, 5.74) is 2.97. The zero-order chi connectivity index (χ0) is 16.4. The van der Waals surface area contributed by atoms with Crippen molar-refractivity contribution >= 4 is 18.0 Å². The number of hydrogen-bond donors (Lipinski definition) is 2. The monoisotopic (exact) mass is 305 g/mol. The van der Waals surface area contributed by atoms with Crippen LogP contribution in [0.3, 0.4) is 0 Å². The molecule has 6 heteroatoms. The van der Waals surface area contributed by atoms with E-state index in [9.17, 15) is 9.59 Å². The first kappa shape index (κ1) is 17.7. The minimum Gasteiger partial charge on any atom is -0.494 e. The van der Waals surface area contributed by atoms with Gasteiger partial charge in [-0.25, -0.2) is 5.43 Å². The first-order valence-electron chi connectivity index (χ1n) is 7.37. The molecule has 1 aromatic carbocycles. The average Bonchev–Trinajstić information content (AvgIpc) is 2.50. The Kier molecular flexibility index (Phi) is 7.67. The van der Waals surface area contributed by atoms with Gasteiger partial charge in [-0.1, -0.05) is 32.9 Å². The number of rotatable bonds is 7. The van der Waals surface area contributed by atoms with E-state index in [1.165, 1.54) is 6.21 Å². The first-order chi connectivity index (χ1) is 10.5. The molecular formula is C16H23N3O3. The largest absolute Gasteiger partial charge is 0.494 e. The highest BCUT2D eigenvalue weighted by atomic mass is 16.5. The standard InChI is InChI=1S/C16H23N3O3/c1-4-8-22-14-7-5-6-13(9-14)11-18-19-16(21)15(20)17-10-12(2)3/h5-7,9,11-12H,4,8,10H2,1-3H3,(H,17,20)(H,19,21)/b18-11-. The molecule has 0 aliphatic heterocycles. The molecule has 1 rings (SSSR count).